The Morgan fingerprint density at radius 3 is 2.73 bits per heavy atom. The quantitative estimate of drug-likeness (QED) is 0.571. The van der Waals surface area contributed by atoms with Gasteiger partial charge < -0.3 is 10.0 Å². The van der Waals surface area contributed by atoms with E-state index in [4.69, 9.17) is 5.11 Å². The van der Waals surface area contributed by atoms with Gasteiger partial charge in [-0.3, -0.25) is 4.79 Å². The van der Waals surface area contributed by atoms with Gasteiger partial charge in [-0.1, -0.05) is 6.58 Å². The van der Waals surface area contributed by atoms with Gasteiger partial charge in [0.25, 0.3) is 0 Å². The molecule has 1 N–H and O–H groups in total. The molecule has 1 heterocycles. The molecule has 3 heteroatoms. The summed E-state index contributed by atoms with van der Waals surface area (Å²) in [4.78, 5) is 12.6. The van der Waals surface area contributed by atoms with E-state index in [2.05, 4.69) is 6.58 Å². The van der Waals surface area contributed by atoms with E-state index in [0.29, 0.717) is 13.1 Å². The van der Waals surface area contributed by atoms with Crippen molar-refractivity contribution < 1.29 is 9.90 Å². The topological polar surface area (TPSA) is 40.5 Å². The number of aliphatic hydroxyl groups is 1. The smallest absolute Gasteiger partial charge is 0.245 e. The predicted molar refractivity (Wildman–Crippen MR) is 41.9 cm³/mol. The van der Waals surface area contributed by atoms with E-state index in [9.17, 15) is 4.79 Å². The summed E-state index contributed by atoms with van der Waals surface area (Å²) in [5, 5.41) is 9.08. The summed E-state index contributed by atoms with van der Waals surface area (Å²) >= 11 is 0. The molecule has 1 saturated heterocycles. The highest BCUT2D eigenvalue weighted by Crippen LogP contribution is 2.18. The van der Waals surface area contributed by atoms with E-state index in [1.807, 2.05) is 0 Å². The van der Waals surface area contributed by atoms with E-state index >= 15 is 0 Å². The lowest BCUT2D eigenvalue weighted by atomic mass is 9.95. The van der Waals surface area contributed by atoms with Crippen molar-refractivity contribution in [3.05, 3.63) is 12.7 Å². The SMILES string of the molecule is C=CC(=O)N1CC([C@H](C)O)C1. The number of carbonyl (C=O) groups excluding carboxylic acids is 1. The highest BCUT2D eigenvalue weighted by Gasteiger charge is 2.31. The van der Waals surface area contributed by atoms with Gasteiger partial charge in [-0.2, -0.15) is 0 Å². The van der Waals surface area contributed by atoms with E-state index in [-0.39, 0.29) is 17.9 Å². The second-order valence-corrected chi connectivity index (χ2v) is 2.95. The maximum absolute atomic E-state index is 10.9. The van der Waals surface area contributed by atoms with Crippen LogP contribution >= 0.6 is 0 Å². The van der Waals surface area contributed by atoms with Crippen molar-refractivity contribution >= 4 is 5.91 Å². The van der Waals surface area contributed by atoms with Crippen LogP contribution in [0.15, 0.2) is 12.7 Å². The Hall–Kier alpha value is -0.830. The summed E-state index contributed by atoms with van der Waals surface area (Å²) in [6.45, 7) is 6.47. The molecule has 1 rings (SSSR count). The minimum Gasteiger partial charge on any atom is -0.393 e. The number of nitrogens with zero attached hydrogens (tertiary/aromatic N) is 1. The van der Waals surface area contributed by atoms with Gasteiger partial charge in [0.15, 0.2) is 0 Å². The lowest BCUT2D eigenvalue weighted by Gasteiger charge is -2.40. The molecule has 1 atom stereocenters. The molecule has 1 amide bonds. The van der Waals surface area contributed by atoms with Crippen LogP contribution in [0.1, 0.15) is 6.92 Å². The Labute approximate surface area is 66.3 Å². The molecule has 62 valence electrons. The van der Waals surface area contributed by atoms with Crippen LogP contribution in [-0.4, -0.2) is 35.1 Å². The maximum atomic E-state index is 10.9. The van der Waals surface area contributed by atoms with Gasteiger partial charge in [-0.05, 0) is 13.0 Å². The zero-order valence-corrected chi connectivity index (χ0v) is 6.66. The van der Waals surface area contributed by atoms with E-state index in [1.54, 1.807) is 11.8 Å². The monoisotopic (exact) mass is 155 g/mol. The van der Waals surface area contributed by atoms with Crippen molar-refractivity contribution in [2.24, 2.45) is 5.92 Å². The average molecular weight is 155 g/mol. The first kappa shape index (κ1) is 8.27. The van der Waals surface area contributed by atoms with Crippen LogP contribution in [0.2, 0.25) is 0 Å². The molecule has 0 aromatic heterocycles. The van der Waals surface area contributed by atoms with E-state index in [1.165, 1.54) is 6.08 Å². The second kappa shape index (κ2) is 3.05. The van der Waals surface area contributed by atoms with Gasteiger partial charge in [-0.15, -0.1) is 0 Å². The molecule has 0 radical (unpaired) electrons. The van der Waals surface area contributed by atoms with Crippen molar-refractivity contribution in [2.75, 3.05) is 13.1 Å². The largest absolute Gasteiger partial charge is 0.393 e. The second-order valence-electron chi connectivity index (χ2n) is 2.95. The fourth-order valence-corrected chi connectivity index (χ4v) is 1.13. The van der Waals surface area contributed by atoms with Gasteiger partial charge >= 0.3 is 0 Å². The van der Waals surface area contributed by atoms with E-state index < -0.39 is 0 Å². The summed E-state index contributed by atoms with van der Waals surface area (Å²) in [6, 6.07) is 0. The summed E-state index contributed by atoms with van der Waals surface area (Å²) in [6.07, 6.45) is 1.00. The van der Waals surface area contributed by atoms with Gasteiger partial charge in [0.1, 0.15) is 0 Å². The summed E-state index contributed by atoms with van der Waals surface area (Å²) < 4.78 is 0. The van der Waals surface area contributed by atoms with Crippen molar-refractivity contribution in [1.82, 2.24) is 4.90 Å². The van der Waals surface area contributed by atoms with Crippen LogP contribution in [0.4, 0.5) is 0 Å². The van der Waals surface area contributed by atoms with Gasteiger partial charge in [0, 0.05) is 19.0 Å². The third-order valence-electron chi connectivity index (χ3n) is 2.08. The first-order chi connectivity index (χ1) is 5.15. The van der Waals surface area contributed by atoms with Crippen molar-refractivity contribution in [2.45, 2.75) is 13.0 Å². The first-order valence-corrected chi connectivity index (χ1v) is 3.74. The highest BCUT2D eigenvalue weighted by atomic mass is 16.3. The fourth-order valence-electron chi connectivity index (χ4n) is 1.13. The number of amides is 1. The third-order valence-corrected chi connectivity index (χ3v) is 2.08. The summed E-state index contributed by atoms with van der Waals surface area (Å²) in [5.41, 5.74) is 0. The van der Waals surface area contributed by atoms with Crippen LogP contribution in [-0.2, 0) is 4.79 Å². The van der Waals surface area contributed by atoms with Gasteiger partial charge in [0.05, 0.1) is 6.10 Å². The number of aliphatic hydroxyl groups excluding tert-OH is 1. The Kier molecular flexibility index (Phi) is 2.29. The maximum Gasteiger partial charge on any atom is 0.245 e. The molecule has 11 heavy (non-hydrogen) atoms. The lowest BCUT2D eigenvalue weighted by molar-refractivity contribution is -0.134. The van der Waals surface area contributed by atoms with Crippen LogP contribution in [0.5, 0.6) is 0 Å². The third kappa shape index (κ3) is 1.60. The number of carbonyl (C=O) groups is 1. The standard InChI is InChI=1S/C8H13NO2/c1-3-8(11)9-4-7(5-9)6(2)10/h3,6-7,10H,1,4-5H2,2H3/t6-/m0/s1. The zero-order valence-electron chi connectivity index (χ0n) is 6.66. The van der Waals surface area contributed by atoms with E-state index in [0.717, 1.165) is 0 Å². The summed E-state index contributed by atoms with van der Waals surface area (Å²) in [5.74, 6) is 0.223. The normalized spacial score (nSPS) is 20.7. The zero-order chi connectivity index (χ0) is 8.43. The first-order valence-electron chi connectivity index (χ1n) is 3.74. The van der Waals surface area contributed by atoms with Crippen LogP contribution < -0.4 is 0 Å². The molecule has 0 unspecified atom stereocenters. The number of likely N-dealkylation sites (tertiary alicyclic amines) is 1. The van der Waals surface area contributed by atoms with Crippen LogP contribution in [0, 0.1) is 5.92 Å². The minimum absolute atomic E-state index is 0.0399. The molecule has 0 saturated carbocycles. The van der Waals surface area contributed by atoms with Crippen LogP contribution in [0.25, 0.3) is 0 Å². The molecule has 3 nitrogen and oxygen atoms in total. The van der Waals surface area contributed by atoms with Crippen molar-refractivity contribution in [1.29, 1.82) is 0 Å². The lowest BCUT2D eigenvalue weighted by Crippen LogP contribution is -2.53. The predicted octanol–water partition coefficient (Wildman–Crippen LogP) is 0.0116. The van der Waals surface area contributed by atoms with Gasteiger partial charge in [-0.25, -0.2) is 0 Å². The molecule has 0 aromatic carbocycles. The molecule has 0 aromatic rings. The fraction of sp³-hybridized carbons (Fsp3) is 0.625. The molecule has 1 aliphatic heterocycles. The Balaban J connectivity index is 2.29. The molecule has 1 aliphatic rings. The van der Waals surface area contributed by atoms with Crippen molar-refractivity contribution in [3.8, 4) is 0 Å². The van der Waals surface area contributed by atoms with Crippen LogP contribution in [0.3, 0.4) is 0 Å². The Morgan fingerprint density at radius 2 is 2.36 bits per heavy atom. The summed E-state index contributed by atoms with van der Waals surface area (Å²) in [7, 11) is 0. The minimum atomic E-state index is -0.302. The molecular formula is C8H13NO2. The molecule has 1 fully saturated rings. The Morgan fingerprint density at radius 1 is 1.82 bits per heavy atom. The Bertz CT molecular complexity index is 171. The number of rotatable bonds is 2. The number of hydrogen-bond acceptors (Lipinski definition) is 2. The van der Waals surface area contributed by atoms with Crippen molar-refractivity contribution in [3.63, 3.8) is 0 Å². The van der Waals surface area contributed by atoms with Gasteiger partial charge in [0.2, 0.25) is 5.91 Å². The number of hydrogen-bond donors (Lipinski definition) is 1. The molecule has 0 bridgehead atoms. The molecule has 0 aliphatic carbocycles. The molecule has 0 spiro atoms. The average Bonchev–Trinajstić information content (AvgIpc) is 1.83. The highest BCUT2D eigenvalue weighted by molar-refractivity contribution is 5.87. The molecular weight excluding hydrogens is 142 g/mol.